The number of amides is 1. The van der Waals surface area contributed by atoms with Gasteiger partial charge in [0, 0.05) is 17.3 Å². The number of sulfonamides is 1. The lowest BCUT2D eigenvalue weighted by Crippen LogP contribution is -2.26. The zero-order valence-electron chi connectivity index (χ0n) is 11.8. The SMILES string of the molecule is O=C(Nc1ccccc1)c1cccc(S(=O)(=O)NC2CC2)c1. The summed E-state index contributed by atoms with van der Waals surface area (Å²) in [6, 6.07) is 15.1. The summed E-state index contributed by atoms with van der Waals surface area (Å²) < 4.78 is 26.9. The van der Waals surface area contributed by atoms with Gasteiger partial charge in [0.05, 0.1) is 4.90 Å². The van der Waals surface area contributed by atoms with Crippen LogP contribution in [0.5, 0.6) is 0 Å². The molecule has 114 valence electrons. The number of nitrogens with one attached hydrogen (secondary N) is 2. The third-order valence-electron chi connectivity index (χ3n) is 3.34. The van der Waals surface area contributed by atoms with Crippen molar-refractivity contribution in [1.29, 1.82) is 0 Å². The molecule has 1 fully saturated rings. The summed E-state index contributed by atoms with van der Waals surface area (Å²) in [6.45, 7) is 0. The van der Waals surface area contributed by atoms with Gasteiger partial charge in [-0.3, -0.25) is 4.79 Å². The number of hydrogen-bond acceptors (Lipinski definition) is 3. The van der Waals surface area contributed by atoms with Crippen LogP contribution in [-0.4, -0.2) is 20.4 Å². The van der Waals surface area contributed by atoms with Crippen LogP contribution in [0.1, 0.15) is 23.2 Å². The molecule has 22 heavy (non-hydrogen) atoms. The molecule has 2 aromatic rings. The molecule has 0 unspecified atom stereocenters. The first-order valence-electron chi connectivity index (χ1n) is 7.03. The number of carbonyl (C=O) groups excluding carboxylic acids is 1. The lowest BCUT2D eigenvalue weighted by atomic mass is 10.2. The minimum absolute atomic E-state index is 0.0341. The second-order valence-corrected chi connectivity index (χ2v) is 6.96. The number of hydrogen-bond donors (Lipinski definition) is 2. The highest BCUT2D eigenvalue weighted by Gasteiger charge is 2.28. The molecule has 3 rings (SSSR count). The summed E-state index contributed by atoms with van der Waals surface area (Å²) in [4.78, 5) is 12.3. The van der Waals surface area contributed by atoms with Crippen LogP contribution >= 0.6 is 0 Å². The molecule has 0 aromatic heterocycles. The normalized spacial score (nSPS) is 14.5. The van der Waals surface area contributed by atoms with Gasteiger partial charge in [0.25, 0.3) is 5.91 Å². The Balaban J connectivity index is 1.80. The molecule has 6 heteroatoms. The summed E-state index contributed by atoms with van der Waals surface area (Å²) in [5.74, 6) is -0.338. The predicted molar refractivity (Wildman–Crippen MR) is 84.2 cm³/mol. The zero-order chi connectivity index (χ0) is 15.6. The van der Waals surface area contributed by atoms with E-state index in [0.717, 1.165) is 12.8 Å². The minimum Gasteiger partial charge on any atom is -0.322 e. The van der Waals surface area contributed by atoms with Crippen molar-refractivity contribution in [2.45, 2.75) is 23.8 Å². The van der Waals surface area contributed by atoms with Crippen LogP contribution in [-0.2, 0) is 10.0 Å². The second kappa shape index (κ2) is 5.90. The Hall–Kier alpha value is -2.18. The Morgan fingerprint density at radius 2 is 1.73 bits per heavy atom. The van der Waals surface area contributed by atoms with Crippen LogP contribution in [0.25, 0.3) is 0 Å². The van der Waals surface area contributed by atoms with Crippen molar-refractivity contribution >= 4 is 21.6 Å². The van der Waals surface area contributed by atoms with Gasteiger partial charge in [-0.2, -0.15) is 0 Å². The van der Waals surface area contributed by atoms with E-state index in [0.29, 0.717) is 11.3 Å². The molecule has 1 saturated carbocycles. The minimum atomic E-state index is -3.56. The lowest BCUT2D eigenvalue weighted by Gasteiger charge is -2.08. The molecule has 0 heterocycles. The molecule has 2 N–H and O–H groups in total. The number of anilines is 1. The van der Waals surface area contributed by atoms with Gasteiger partial charge < -0.3 is 5.32 Å². The van der Waals surface area contributed by atoms with Crippen molar-refractivity contribution in [3.63, 3.8) is 0 Å². The second-order valence-electron chi connectivity index (χ2n) is 5.24. The van der Waals surface area contributed by atoms with Crippen molar-refractivity contribution in [3.8, 4) is 0 Å². The van der Waals surface area contributed by atoms with Gasteiger partial charge in [0.2, 0.25) is 10.0 Å². The van der Waals surface area contributed by atoms with E-state index in [-0.39, 0.29) is 16.8 Å². The van der Waals surface area contributed by atoms with Gasteiger partial charge >= 0.3 is 0 Å². The predicted octanol–water partition coefficient (Wildman–Crippen LogP) is 2.38. The Labute approximate surface area is 129 Å². The van der Waals surface area contributed by atoms with E-state index < -0.39 is 10.0 Å². The molecular weight excluding hydrogens is 300 g/mol. The number of carbonyl (C=O) groups is 1. The maximum Gasteiger partial charge on any atom is 0.255 e. The van der Waals surface area contributed by atoms with Crippen molar-refractivity contribution < 1.29 is 13.2 Å². The molecule has 5 nitrogen and oxygen atoms in total. The first kappa shape index (κ1) is 14.7. The van der Waals surface area contributed by atoms with Gasteiger partial charge in [-0.05, 0) is 43.2 Å². The first-order chi connectivity index (χ1) is 10.5. The average molecular weight is 316 g/mol. The number of benzene rings is 2. The van der Waals surface area contributed by atoms with Gasteiger partial charge in [-0.1, -0.05) is 24.3 Å². The maximum absolute atomic E-state index is 12.2. The van der Waals surface area contributed by atoms with Crippen LogP contribution < -0.4 is 10.0 Å². The largest absolute Gasteiger partial charge is 0.322 e. The van der Waals surface area contributed by atoms with E-state index >= 15 is 0 Å². The molecule has 1 aliphatic carbocycles. The Morgan fingerprint density at radius 1 is 1.00 bits per heavy atom. The molecule has 0 spiro atoms. The van der Waals surface area contributed by atoms with Crippen LogP contribution in [0.4, 0.5) is 5.69 Å². The van der Waals surface area contributed by atoms with Crippen molar-refractivity contribution in [3.05, 3.63) is 60.2 Å². The van der Waals surface area contributed by atoms with E-state index in [2.05, 4.69) is 10.0 Å². The third-order valence-corrected chi connectivity index (χ3v) is 4.86. The summed E-state index contributed by atoms with van der Waals surface area (Å²) in [5.41, 5.74) is 0.972. The van der Waals surface area contributed by atoms with Gasteiger partial charge in [0.1, 0.15) is 0 Å². The summed E-state index contributed by atoms with van der Waals surface area (Å²) in [6.07, 6.45) is 1.74. The Morgan fingerprint density at radius 3 is 2.41 bits per heavy atom. The lowest BCUT2D eigenvalue weighted by molar-refractivity contribution is 0.102. The number of rotatable bonds is 5. The smallest absolute Gasteiger partial charge is 0.255 e. The molecule has 0 bridgehead atoms. The Kier molecular flexibility index (Phi) is 3.96. The van der Waals surface area contributed by atoms with Crippen molar-refractivity contribution in [2.24, 2.45) is 0 Å². The van der Waals surface area contributed by atoms with Crippen LogP contribution in [0.15, 0.2) is 59.5 Å². The van der Waals surface area contributed by atoms with Crippen LogP contribution in [0.2, 0.25) is 0 Å². The number of para-hydroxylation sites is 1. The quantitative estimate of drug-likeness (QED) is 0.889. The van der Waals surface area contributed by atoms with E-state index in [9.17, 15) is 13.2 Å². The van der Waals surface area contributed by atoms with Crippen LogP contribution in [0.3, 0.4) is 0 Å². The zero-order valence-corrected chi connectivity index (χ0v) is 12.6. The average Bonchev–Trinajstić information content (AvgIpc) is 3.32. The summed E-state index contributed by atoms with van der Waals surface area (Å²) in [7, 11) is -3.56. The summed E-state index contributed by atoms with van der Waals surface area (Å²) >= 11 is 0. The van der Waals surface area contributed by atoms with Crippen molar-refractivity contribution in [1.82, 2.24) is 4.72 Å². The topological polar surface area (TPSA) is 75.3 Å². The highest BCUT2D eigenvalue weighted by molar-refractivity contribution is 7.89. The first-order valence-corrected chi connectivity index (χ1v) is 8.52. The Bertz CT molecular complexity index is 784. The van der Waals surface area contributed by atoms with E-state index in [1.807, 2.05) is 18.2 Å². The molecule has 2 aromatic carbocycles. The van der Waals surface area contributed by atoms with Gasteiger partial charge in [-0.25, -0.2) is 13.1 Å². The fourth-order valence-electron chi connectivity index (χ4n) is 2.02. The highest BCUT2D eigenvalue weighted by atomic mass is 32.2. The fourth-order valence-corrected chi connectivity index (χ4v) is 3.37. The molecule has 0 atom stereocenters. The standard InChI is InChI=1S/C16H16N2O3S/c19-16(17-13-6-2-1-3-7-13)12-5-4-8-15(11-12)22(20,21)18-14-9-10-14/h1-8,11,14,18H,9-10H2,(H,17,19). The third kappa shape index (κ3) is 3.52. The summed E-state index contributed by atoms with van der Waals surface area (Å²) in [5, 5.41) is 2.74. The van der Waals surface area contributed by atoms with E-state index in [4.69, 9.17) is 0 Å². The molecule has 1 amide bonds. The molecule has 0 saturated heterocycles. The highest BCUT2D eigenvalue weighted by Crippen LogP contribution is 2.22. The monoisotopic (exact) mass is 316 g/mol. The molecule has 0 aliphatic heterocycles. The van der Waals surface area contributed by atoms with Crippen molar-refractivity contribution in [2.75, 3.05) is 5.32 Å². The van der Waals surface area contributed by atoms with Gasteiger partial charge in [0.15, 0.2) is 0 Å². The van der Waals surface area contributed by atoms with Crippen LogP contribution in [0, 0.1) is 0 Å². The maximum atomic E-state index is 12.2. The van der Waals surface area contributed by atoms with E-state index in [1.54, 1.807) is 24.3 Å². The molecule has 0 radical (unpaired) electrons. The van der Waals surface area contributed by atoms with Gasteiger partial charge in [-0.15, -0.1) is 0 Å². The molecular formula is C16H16N2O3S. The fraction of sp³-hybridized carbons (Fsp3) is 0.188. The molecule has 1 aliphatic rings. The van der Waals surface area contributed by atoms with E-state index in [1.165, 1.54) is 12.1 Å².